The molecule has 1 saturated carbocycles. The number of nitrogens with zero attached hydrogens (tertiary/aromatic N) is 1. The standard InChI is InChI=1S/C14H25NO4/c1-4-10-7-11(12(8-10)14(18)19)13(17)15(5-6-16)9(2)3/h9-12,16H,4-8H2,1-3H3,(H,18,19)/t10?,11-,12+/m0/s1. The molecule has 1 aliphatic rings. The normalized spacial score (nSPS) is 26.7. The Bertz CT molecular complexity index is 329. The summed E-state index contributed by atoms with van der Waals surface area (Å²) in [4.78, 5) is 25.4. The van der Waals surface area contributed by atoms with Crippen LogP contribution in [0.5, 0.6) is 0 Å². The van der Waals surface area contributed by atoms with Gasteiger partial charge in [-0.3, -0.25) is 9.59 Å². The molecule has 0 radical (unpaired) electrons. The van der Waals surface area contributed by atoms with Crippen LogP contribution in [-0.2, 0) is 9.59 Å². The summed E-state index contributed by atoms with van der Waals surface area (Å²) in [5.41, 5.74) is 0. The first-order chi connectivity index (χ1) is 8.92. The molecule has 1 fully saturated rings. The van der Waals surface area contributed by atoms with Gasteiger partial charge in [0.2, 0.25) is 5.91 Å². The summed E-state index contributed by atoms with van der Waals surface area (Å²) in [6.45, 7) is 5.98. The van der Waals surface area contributed by atoms with Crippen molar-refractivity contribution in [3.63, 3.8) is 0 Å². The van der Waals surface area contributed by atoms with Gasteiger partial charge in [0.25, 0.3) is 0 Å². The Labute approximate surface area is 114 Å². The molecule has 5 heteroatoms. The Hall–Kier alpha value is -1.10. The quantitative estimate of drug-likeness (QED) is 0.764. The zero-order chi connectivity index (χ0) is 14.6. The molecule has 19 heavy (non-hydrogen) atoms. The third-order valence-electron chi connectivity index (χ3n) is 4.12. The third-order valence-corrected chi connectivity index (χ3v) is 4.12. The van der Waals surface area contributed by atoms with Crippen LogP contribution in [0.2, 0.25) is 0 Å². The molecule has 1 amide bonds. The van der Waals surface area contributed by atoms with E-state index in [1.807, 2.05) is 20.8 Å². The van der Waals surface area contributed by atoms with Gasteiger partial charge >= 0.3 is 5.97 Å². The summed E-state index contributed by atoms with van der Waals surface area (Å²) >= 11 is 0. The lowest BCUT2D eigenvalue weighted by atomic mass is 9.94. The summed E-state index contributed by atoms with van der Waals surface area (Å²) in [5.74, 6) is -1.68. The maximum Gasteiger partial charge on any atom is 0.307 e. The van der Waals surface area contributed by atoms with Crippen molar-refractivity contribution in [1.29, 1.82) is 0 Å². The van der Waals surface area contributed by atoms with Crippen LogP contribution < -0.4 is 0 Å². The fourth-order valence-electron chi connectivity index (χ4n) is 2.97. The summed E-state index contributed by atoms with van der Waals surface area (Å²) in [5, 5.41) is 18.3. The smallest absolute Gasteiger partial charge is 0.307 e. The molecule has 0 aromatic carbocycles. The average molecular weight is 271 g/mol. The Balaban J connectivity index is 2.85. The molecule has 0 aromatic heterocycles. The molecular weight excluding hydrogens is 246 g/mol. The molecule has 0 spiro atoms. The number of aliphatic hydroxyl groups is 1. The van der Waals surface area contributed by atoms with Gasteiger partial charge in [0.15, 0.2) is 0 Å². The summed E-state index contributed by atoms with van der Waals surface area (Å²) in [7, 11) is 0. The Morgan fingerprint density at radius 1 is 1.26 bits per heavy atom. The van der Waals surface area contributed by atoms with Crippen LogP contribution in [0.25, 0.3) is 0 Å². The summed E-state index contributed by atoms with van der Waals surface area (Å²) in [6, 6.07) is -0.0187. The number of aliphatic hydroxyl groups excluding tert-OH is 1. The van der Waals surface area contributed by atoms with Gasteiger partial charge in [-0.25, -0.2) is 0 Å². The lowest BCUT2D eigenvalue weighted by Crippen LogP contribution is -2.44. The zero-order valence-electron chi connectivity index (χ0n) is 12.0. The number of rotatable bonds is 6. The lowest BCUT2D eigenvalue weighted by Gasteiger charge is -2.30. The minimum Gasteiger partial charge on any atom is -0.481 e. The SMILES string of the molecule is CCC1C[C@H](C(=O)N(CCO)C(C)C)[C@H](C(=O)O)C1. The second-order valence-corrected chi connectivity index (χ2v) is 5.65. The number of carboxylic acid groups (broad SMARTS) is 1. The molecule has 0 aliphatic heterocycles. The van der Waals surface area contributed by atoms with Crippen LogP contribution in [0.4, 0.5) is 0 Å². The highest BCUT2D eigenvalue weighted by atomic mass is 16.4. The van der Waals surface area contributed by atoms with Crippen LogP contribution in [0.3, 0.4) is 0 Å². The third kappa shape index (κ3) is 3.69. The van der Waals surface area contributed by atoms with Gasteiger partial charge in [-0.05, 0) is 32.6 Å². The van der Waals surface area contributed by atoms with E-state index in [2.05, 4.69) is 0 Å². The highest BCUT2D eigenvalue weighted by Gasteiger charge is 2.43. The van der Waals surface area contributed by atoms with Crippen LogP contribution in [0.15, 0.2) is 0 Å². The monoisotopic (exact) mass is 271 g/mol. The van der Waals surface area contributed by atoms with Crippen LogP contribution in [0, 0.1) is 17.8 Å². The maximum atomic E-state index is 12.5. The van der Waals surface area contributed by atoms with Gasteiger partial charge in [-0.2, -0.15) is 0 Å². The second-order valence-electron chi connectivity index (χ2n) is 5.65. The number of carbonyl (C=O) groups excluding carboxylic acids is 1. The van der Waals surface area contributed by atoms with Gasteiger partial charge in [-0.1, -0.05) is 13.3 Å². The molecule has 0 heterocycles. The summed E-state index contributed by atoms with van der Waals surface area (Å²) < 4.78 is 0. The molecule has 0 saturated heterocycles. The van der Waals surface area contributed by atoms with Crippen molar-refractivity contribution in [3.8, 4) is 0 Å². The first kappa shape index (κ1) is 16.0. The fourth-order valence-corrected chi connectivity index (χ4v) is 2.97. The molecule has 2 N–H and O–H groups in total. The summed E-state index contributed by atoms with van der Waals surface area (Å²) in [6.07, 6.45) is 2.16. The highest BCUT2D eigenvalue weighted by Crippen LogP contribution is 2.39. The zero-order valence-corrected chi connectivity index (χ0v) is 12.0. The van der Waals surface area contributed by atoms with Crippen molar-refractivity contribution in [2.45, 2.75) is 46.1 Å². The number of carboxylic acids is 1. The number of amides is 1. The fraction of sp³-hybridized carbons (Fsp3) is 0.857. The van der Waals surface area contributed by atoms with E-state index in [0.29, 0.717) is 18.8 Å². The van der Waals surface area contributed by atoms with E-state index >= 15 is 0 Å². The molecule has 1 unspecified atom stereocenters. The molecule has 5 nitrogen and oxygen atoms in total. The second kappa shape index (κ2) is 6.89. The molecular formula is C14H25NO4. The van der Waals surface area contributed by atoms with E-state index in [9.17, 15) is 14.7 Å². The van der Waals surface area contributed by atoms with Crippen molar-refractivity contribution < 1.29 is 19.8 Å². The Kier molecular flexibility index (Phi) is 5.79. The number of hydrogen-bond donors (Lipinski definition) is 2. The first-order valence-corrected chi connectivity index (χ1v) is 7.06. The van der Waals surface area contributed by atoms with Crippen LogP contribution >= 0.6 is 0 Å². The molecule has 1 rings (SSSR count). The van der Waals surface area contributed by atoms with Gasteiger partial charge < -0.3 is 15.1 Å². The topological polar surface area (TPSA) is 77.8 Å². The van der Waals surface area contributed by atoms with Crippen molar-refractivity contribution in [2.24, 2.45) is 17.8 Å². The predicted octanol–water partition coefficient (Wildman–Crippen LogP) is 1.35. The minimum absolute atomic E-state index is 0.0187. The van der Waals surface area contributed by atoms with Crippen molar-refractivity contribution >= 4 is 11.9 Å². The van der Waals surface area contributed by atoms with Gasteiger partial charge in [0.1, 0.15) is 0 Å². The lowest BCUT2D eigenvalue weighted by molar-refractivity contribution is -0.150. The van der Waals surface area contributed by atoms with E-state index in [-0.39, 0.29) is 25.1 Å². The minimum atomic E-state index is -0.873. The van der Waals surface area contributed by atoms with Crippen molar-refractivity contribution in [3.05, 3.63) is 0 Å². The number of hydrogen-bond acceptors (Lipinski definition) is 3. The maximum absolute atomic E-state index is 12.5. The van der Waals surface area contributed by atoms with E-state index in [4.69, 9.17) is 5.11 Å². The molecule has 0 aromatic rings. The molecule has 110 valence electrons. The largest absolute Gasteiger partial charge is 0.481 e. The highest BCUT2D eigenvalue weighted by molar-refractivity contribution is 5.85. The molecule has 0 bridgehead atoms. The molecule has 1 aliphatic carbocycles. The molecule has 3 atom stereocenters. The van der Waals surface area contributed by atoms with E-state index in [1.54, 1.807) is 4.90 Å². The first-order valence-electron chi connectivity index (χ1n) is 7.06. The van der Waals surface area contributed by atoms with E-state index < -0.39 is 17.8 Å². The predicted molar refractivity (Wildman–Crippen MR) is 71.6 cm³/mol. The number of carbonyl (C=O) groups is 2. The Morgan fingerprint density at radius 2 is 1.84 bits per heavy atom. The number of aliphatic carboxylic acids is 1. The van der Waals surface area contributed by atoms with Crippen LogP contribution in [0.1, 0.15) is 40.0 Å². The average Bonchev–Trinajstić information content (AvgIpc) is 2.79. The van der Waals surface area contributed by atoms with Gasteiger partial charge in [0, 0.05) is 12.6 Å². The van der Waals surface area contributed by atoms with Crippen LogP contribution in [-0.4, -0.2) is 46.2 Å². The van der Waals surface area contributed by atoms with Gasteiger partial charge in [-0.15, -0.1) is 0 Å². The van der Waals surface area contributed by atoms with Crippen molar-refractivity contribution in [2.75, 3.05) is 13.2 Å². The van der Waals surface area contributed by atoms with E-state index in [1.165, 1.54) is 0 Å². The van der Waals surface area contributed by atoms with Gasteiger partial charge in [0.05, 0.1) is 18.4 Å². The van der Waals surface area contributed by atoms with Crippen molar-refractivity contribution in [1.82, 2.24) is 4.90 Å². The van der Waals surface area contributed by atoms with E-state index in [0.717, 1.165) is 6.42 Å². The Morgan fingerprint density at radius 3 is 2.26 bits per heavy atom.